The van der Waals surface area contributed by atoms with Gasteiger partial charge in [-0.2, -0.15) is 0 Å². The van der Waals surface area contributed by atoms with Crippen LogP contribution >= 0.6 is 0 Å². The van der Waals surface area contributed by atoms with Gasteiger partial charge in [-0.15, -0.1) is 0 Å². The summed E-state index contributed by atoms with van der Waals surface area (Å²) in [6.45, 7) is 5.11. The van der Waals surface area contributed by atoms with Crippen LogP contribution in [0.1, 0.15) is 42.4 Å². The van der Waals surface area contributed by atoms with Crippen molar-refractivity contribution in [2.45, 2.75) is 57.0 Å². The Labute approximate surface area is 191 Å². The summed E-state index contributed by atoms with van der Waals surface area (Å²) in [5.41, 5.74) is 4.46. The number of nitrogens with one attached hydrogen (secondary N) is 2. The largest absolute Gasteiger partial charge is 0.493 e. The molecule has 2 N–H and O–H groups in total. The molecular weight excluding hydrogens is 402 g/mol. The Bertz CT molecular complexity index is 992. The second-order valence-corrected chi connectivity index (χ2v) is 9.36. The van der Waals surface area contributed by atoms with Crippen molar-refractivity contribution < 1.29 is 14.3 Å². The fraction of sp³-hybridized carbons (Fsp3) is 0.500. The number of amides is 2. The third-order valence-electron chi connectivity index (χ3n) is 7.46. The summed E-state index contributed by atoms with van der Waals surface area (Å²) in [6, 6.07) is 12.9. The van der Waals surface area contributed by atoms with Gasteiger partial charge in [-0.1, -0.05) is 18.2 Å². The van der Waals surface area contributed by atoms with E-state index in [2.05, 4.69) is 40.8 Å². The second-order valence-electron chi connectivity index (χ2n) is 9.36. The van der Waals surface area contributed by atoms with Crippen molar-refractivity contribution in [1.82, 2.24) is 10.2 Å². The molecule has 4 rings (SSSR count). The zero-order valence-electron chi connectivity index (χ0n) is 19.8. The lowest BCUT2D eigenvalue weighted by atomic mass is 9.65. The Morgan fingerprint density at radius 3 is 2.59 bits per heavy atom. The maximum Gasteiger partial charge on any atom is 0.319 e. The molecule has 2 amide bonds. The number of ether oxygens (including phenoxy) is 2. The molecule has 0 aromatic heterocycles. The van der Waals surface area contributed by atoms with Crippen LogP contribution in [0.3, 0.4) is 0 Å². The van der Waals surface area contributed by atoms with Crippen LogP contribution in [0.15, 0.2) is 36.4 Å². The van der Waals surface area contributed by atoms with Gasteiger partial charge in [0.15, 0.2) is 11.5 Å². The molecule has 0 spiro atoms. The van der Waals surface area contributed by atoms with Crippen molar-refractivity contribution in [3.05, 3.63) is 53.1 Å². The van der Waals surface area contributed by atoms with Crippen LogP contribution in [0.2, 0.25) is 0 Å². The number of carbonyl (C=O) groups is 1. The molecule has 2 aliphatic rings. The number of anilines is 1. The number of methoxy groups -OCH3 is 2. The molecule has 1 aliphatic heterocycles. The van der Waals surface area contributed by atoms with Gasteiger partial charge in [-0.25, -0.2) is 4.79 Å². The molecule has 172 valence electrons. The molecule has 0 unspecified atom stereocenters. The quantitative estimate of drug-likeness (QED) is 0.716. The molecule has 6 nitrogen and oxygen atoms in total. The molecule has 2 aromatic rings. The highest BCUT2D eigenvalue weighted by molar-refractivity contribution is 5.90. The van der Waals surface area contributed by atoms with E-state index in [1.165, 1.54) is 5.56 Å². The highest BCUT2D eigenvalue weighted by atomic mass is 16.5. The zero-order chi connectivity index (χ0) is 22.9. The van der Waals surface area contributed by atoms with Crippen molar-refractivity contribution >= 4 is 11.7 Å². The maximum atomic E-state index is 12.8. The van der Waals surface area contributed by atoms with Gasteiger partial charge in [0, 0.05) is 23.2 Å². The van der Waals surface area contributed by atoms with E-state index < -0.39 is 0 Å². The van der Waals surface area contributed by atoms with Crippen molar-refractivity contribution in [3.63, 3.8) is 0 Å². The smallest absolute Gasteiger partial charge is 0.319 e. The van der Waals surface area contributed by atoms with Crippen LogP contribution in [0, 0.1) is 13.8 Å². The lowest BCUT2D eigenvalue weighted by Crippen LogP contribution is -2.52. The lowest BCUT2D eigenvalue weighted by molar-refractivity contribution is 0.156. The van der Waals surface area contributed by atoms with E-state index in [4.69, 9.17) is 9.47 Å². The van der Waals surface area contributed by atoms with Gasteiger partial charge in [0.1, 0.15) is 0 Å². The fourth-order valence-electron chi connectivity index (χ4n) is 5.61. The van der Waals surface area contributed by atoms with Gasteiger partial charge < -0.3 is 25.0 Å². The van der Waals surface area contributed by atoms with Crippen molar-refractivity contribution in [1.29, 1.82) is 0 Å². The SMILES string of the molecule is COc1ccc([C@@]23CC[C@@H](NC(=O)Nc4cc(C)ccc4C)C[C@@H]2N(C)CC3)cc1OC. The molecule has 0 radical (unpaired) electrons. The molecule has 2 aromatic carbocycles. The normalized spacial score (nSPS) is 25.2. The van der Waals surface area contributed by atoms with E-state index in [1.807, 2.05) is 32.0 Å². The number of aryl methyl sites for hydroxylation is 2. The van der Waals surface area contributed by atoms with E-state index >= 15 is 0 Å². The topological polar surface area (TPSA) is 62.8 Å². The van der Waals surface area contributed by atoms with Gasteiger partial charge in [0.05, 0.1) is 14.2 Å². The molecule has 1 saturated carbocycles. The van der Waals surface area contributed by atoms with Gasteiger partial charge in [0.2, 0.25) is 0 Å². The number of benzene rings is 2. The highest BCUT2D eigenvalue weighted by Gasteiger charge is 2.50. The fourth-order valence-corrected chi connectivity index (χ4v) is 5.61. The number of hydrogen-bond donors (Lipinski definition) is 2. The number of carbonyl (C=O) groups excluding carboxylic acids is 1. The lowest BCUT2D eigenvalue weighted by Gasteiger charge is -2.45. The molecule has 32 heavy (non-hydrogen) atoms. The highest BCUT2D eigenvalue weighted by Crippen LogP contribution is 2.49. The number of fused-ring (bicyclic) bond motifs is 1. The third-order valence-corrected chi connectivity index (χ3v) is 7.46. The number of urea groups is 1. The molecular formula is C26H35N3O3. The van der Waals surface area contributed by atoms with E-state index in [0.29, 0.717) is 6.04 Å². The van der Waals surface area contributed by atoms with E-state index in [1.54, 1.807) is 14.2 Å². The minimum atomic E-state index is -0.122. The number of hydrogen-bond acceptors (Lipinski definition) is 4. The van der Waals surface area contributed by atoms with Gasteiger partial charge in [0.25, 0.3) is 0 Å². The van der Waals surface area contributed by atoms with Crippen LogP contribution in [0.25, 0.3) is 0 Å². The molecule has 1 heterocycles. The van der Waals surface area contributed by atoms with Crippen molar-refractivity contribution in [3.8, 4) is 11.5 Å². The van der Waals surface area contributed by atoms with Gasteiger partial charge in [-0.3, -0.25) is 0 Å². The summed E-state index contributed by atoms with van der Waals surface area (Å²) in [5.74, 6) is 1.54. The minimum absolute atomic E-state index is 0.0795. The summed E-state index contributed by atoms with van der Waals surface area (Å²) < 4.78 is 11.0. The molecule has 0 bridgehead atoms. The first kappa shape index (κ1) is 22.5. The van der Waals surface area contributed by atoms with Crippen LogP contribution in [-0.2, 0) is 5.41 Å². The molecule has 1 saturated heterocycles. The third kappa shape index (κ3) is 4.16. The summed E-state index contributed by atoms with van der Waals surface area (Å²) >= 11 is 0. The predicted molar refractivity (Wildman–Crippen MR) is 128 cm³/mol. The molecule has 2 fully saturated rings. The molecule has 1 aliphatic carbocycles. The van der Waals surface area contributed by atoms with Crippen LogP contribution in [0.4, 0.5) is 10.5 Å². The number of nitrogens with zero attached hydrogens (tertiary/aromatic N) is 1. The molecule has 6 heteroatoms. The van der Waals surface area contributed by atoms with Crippen LogP contribution < -0.4 is 20.1 Å². The monoisotopic (exact) mass is 437 g/mol. The van der Waals surface area contributed by atoms with Gasteiger partial charge in [-0.05, 0) is 88.0 Å². The average molecular weight is 438 g/mol. The average Bonchev–Trinajstić information content (AvgIpc) is 3.13. The predicted octanol–water partition coefficient (Wildman–Crippen LogP) is 4.64. The Hall–Kier alpha value is -2.73. The summed E-state index contributed by atoms with van der Waals surface area (Å²) in [6.07, 6.45) is 4.04. The minimum Gasteiger partial charge on any atom is -0.493 e. The number of likely N-dealkylation sites (tertiary alicyclic amines) is 1. The van der Waals surface area contributed by atoms with Crippen molar-refractivity contribution in [2.24, 2.45) is 0 Å². The van der Waals surface area contributed by atoms with Crippen molar-refractivity contribution in [2.75, 3.05) is 33.1 Å². The van der Waals surface area contributed by atoms with E-state index in [-0.39, 0.29) is 17.5 Å². The van der Waals surface area contributed by atoms with Gasteiger partial charge >= 0.3 is 6.03 Å². The number of likely N-dealkylation sites (N-methyl/N-ethyl adjacent to an activating group) is 1. The van der Waals surface area contributed by atoms with E-state index in [0.717, 1.165) is 60.5 Å². The zero-order valence-corrected chi connectivity index (χ0v) is 19.8. The number of rotatable bonds is 5. The first-order valence-corrected chi connectivity index (χ1v) is 11.4. The maximum absolute atomic E-state index is 12.8. The summed E-state index contributed by atoms with van der Waals surface area (Å²) in [5, 5.41) is 6.28. The van der Waals surface area contributed by atoms with E-state index in [9.17, 15) is 4.79 Å². The second kappa shape index (κ2) is 9.02. The standard InChI is InChI=1S/C26H35N3O3/c1-17-6-7-18(2)21(14-17)28-25(30)27-20-10-11-26(12-13-29(3)24(26)16-20)19-8-9-22(31-4)23(15-19)32-5/h6-9,14-15,20,24H,10-13,16H2,1-5H3,(H2,27,28,30)/t20-,24+,26+/m1/s1. The Morgan fingerprint density at radius 1 is 1.06 bits per heavy atom. The van der Waals surface area contributed by atoms with Crippen LogP contribution in [-0.4, -0.2) is 50.8 Å². The molecule has 3 atom stereocenters. The summed E-state index contributed by atoms with van der Waals surface area (Å²) in [4.78, 5) is 15.2. The first-order chi connectivity index (χ1) is 15.4. The Morgan fingerprint density at radius 2 is 1.84 bits per heavy atom. The Kier molecular flexibility index (Phi) is 6.33. The van der Waals surface area contributed by atoms with Crippen LogP contribution in [0.5, 0.6) is 11.5 Å². The summed E-state index contributed by atoms with van der Waals surface area (Å²) in [7, 11) is 5.56. The Balaban J connectivity index is 1.49. The first-order valence-electron chi connectivity index (χ1n) is 11.4.